The fraction of sp³-hybridized carbons (Fsp3) is 0.444. The Kier molecular flexibility index (Phi) is 6.39. The van der Waals surface area contributed by atoms with Gasteiger partial charge in [0.2, 0.25) is 0 Å². The standard InChI is InChI=1S/C9H14O2/c1-2-3-4-5-6-7-8-9(10)11/h3-4,6-7H,2,5,8H2,1H3,(H,10,11)/p-1/b4-3-,7-6-. The number of rotatable bonds is 5. The van der Waals surface area contributed by atoms with Crippen LogP contribution in [0.1, 0.15) is 26.2 Å². The van der Waals surface area contributed by atoms with E-state index in [1.807, 2.05) is 18.2 Å². The third-order valence-corrected chi connectivity index (χ3v) is 1.13. The molecular formula is C9H13O2-. The molecule has 0 fully saturated rings. The summed E-state index contributed by atoms with van der Waals surface area (Å²) in [5.41, 5.74) is 0. The first-order chi connectivity index (χ1) is 5.27. The van der Waals surface area contributed by atoms with Crippen LogP contribution in [0.2, 0.25) is 0 Å². The van der Waals surface area contributed by atoms with E-state index in [1.165, 1.54) is 0 Å². The zero-order chi connectivity index (χ0) is 8.53. The van der Waals surface area contributed by atoms with Crippen molar-refractivity contribution in [1.82, 2.24) is 0 Å². The zero-order valence-corrected chi connectivity index (χ0v) is 6.75. The molecule has 0 amide bonds. The second-order valence-corrected chi connectivity index (χ2v) is 2.16. The first-order valence-corrected chi connectivity index (χ1v) is 3.77. The molecule has 0 atom stereocenters. The Labute approximate surface area is 67.2 Å². The molecule has 0 radical (unpaired) electrons. The van der Waals surface area contributed by atoms with Crippen LogP contribution in [0.15, 0.2) is 24.3 Å². The number of aliphatic carboxylic acids is 1. The second kappa shape index (κ2) is 7.06. The summed E-state index contributed by atoms with van der Waals surface area (Å²) >= 11 is 0. The summed E-state index contributed by atoms with van der Waals surface area (Å²) in [6, 6.07) is 0. The molecule has 0 aliphatic carbocycles. The van der Waals surface area contributed by atoms with Gasteiger partial charge in [-0.05, 0) is 12.8 Å². The SMILES string of the molecule is CC/C=C\C/C=C\CC(=O)[O-]. The third-order valence-electron chi connectivity index (χ3n) is 1.13. The van der Waals surface area contributed by atoms with E-state index in [9.17, 15) is 9.90 Å². The van der Waals surface area contributed by atoms with Crippen LogP contribution < -0.4 is 5.11 Å². The minimum absolute atomic E-state index is 0.0139. The lowest BCUT2D eigenvalue weighted by Crippen LogP contribution is -2.20. The Balaban J connectivity index is 3.30. The highest BCUT2D eigenvalue weighted by Crippen LogP contribution is 1.89. The third kappa shape index (κ3) is 8.95. The molecule has 62 valence electrons. The lowest BCUT2D eigenvalue weighted by molar-refractivity contribution is -0.304. The molecule has 0 aromatic carbocycles. The molecule has 0 spiro atoms. The van der Waals surface area contributed by atoms with Crippen LogP contribution in [0.5, 0.6) is 0 Å². The molecule has 0 N–H and O–H groups in total. The summed E-state index contributed by atoms with van der Waals surface area (Å²) in [6.45, 7) is 2.06. The fourth-order valence-electron chi connectivity index (χ4n) is 0.617. The summed E-state index contributed by atoms with van der Waals surface area (Å²) in [4.78, 5) is 9.91. The van der Waals surface area contributed by atoms with Gasteiger partial charge in [-0.25, -0.2) is 0 Å². The van der Waals surface area contributed by atoms with E-state index in [0.29, 0.717) is 0 Å². The van der Waals surface area contributed by atoms with Crippen LogP contribution in [-0.2, 0) is 4.79 Å². The van der Waals surface area contributed by atoms with Crippen LogP contribution in [0.3, 0.4) is 0 Å². The van der Waals surface area contributed by atoms with Crippen LogP contribution in [0.4, 0.5) is 0 Å². The molecule has 0 heterocycles. The van der Waals surface area contributed by atoms with Gasteiger partial charge >= 0.3 is 0 Å². The van der Waals surface area contributed by atoms with Gasteiger partial charge in [0.25, 0.3) is 0 Å². The molecule has 0 rings (SSSR count). The van der Waals surface area contributed by atoms with Gasteiger partial charge in [-0.2, -0.15) is 0 Å². The van der Waals surface area contributed by atoms with Crippen LogP contribution in [0.25, 0.3) is 0 Å². The van der Waals surface area contributed by atoms with Gasteiger partial charge in [0.1, 0.15) is 0 Å². The number of carboxylic acid groups (broad SMARTS) is 1. The van der Waals surface area contributed by atoms with Crippen LogP contribution in [-0.4, -0.2) is 5.97 Å². The van der Waals surface area contributed by atoms with Crippen molar-refractivity contribution in [2.24, 2.45) is 0 Å². The number of hydrogen-bond acceptors (Lipinski definition) is 2. The Hall–Kier alpha value is -1.05. The molecule has 2 nitrogen and oxygen atoms in total. The molecule has 0 aromatic rings. The van der Waals surface area contributed by atoms with Gasteiger partial charge in [-0.15, -0.1) is 0 Å². The molecule has 0 aromatic heterocycles. The van der Waals surface area contributed by atoms with Gasteiger partial charge in [-0.1, -0.05) is 31.2 Å². The molecule has 0 unspecified atom stereocenters. The predicted molar refractivity (Wildman–Crippen MR) is 42.8 cm³/mol. The van der Waals surface area contributed by atoms with Gasteiger partial charge in [-0.3, -0.25) is 0 Å². The van der Waals surface area contributed by atoms with Crippen molar-refractivity contribution in [1.29, 1.82) is 0 Å². The van der Waals surface area contributed by atoms with Crippen molar-refractivity contribution >= 4 is 5.97 Å². The van der Waals surface area contributed by atoms with E-state index in [-0.39, 0.29) is 6.42 Å². The number of allylic oxidation sites excluding steroid dienone is 3. The van der Waals surface area contributed by atoms with E-state index in [1.54, 1.807) is 6.08 Å². The summed E-state index contributed by atoms with van der Waals surface area (Å²) in [6.07, 6.45) is 9.32. The first kappa shape index (κ1) is 9.95. The average molecular weight is 153 g/mol. The molecular weight excluding hydrogens is 140 g/mol. The van der Waals surface area contributed by atoms with Gasteiger partial charge in [0, 0.05) is 12.4 Å². The molecule has 0 saturated carbocycles. The first-order valence-electron chi connectivity index (χ1n) is 3.77. The Morgan fingerprint density at radius 1 is 1.27 bits per heavy atom. The molecule has 0 aliphatic heterocycles. The highest BCUT2D eigenvalue weighted by molar-refractivity contribution is 5.66. The molecule has 0 aliphatic rings. The van der Waals surface area contributed by atoms with Crippen molar-refractivity contribution in [3.8, 4) is 0 Å². The van der Waals surface area contributed by atoms with Crippen molar-refractivity contribution in [2.45, 2.75) is 26.2 Å². The van der Waals surface area contributed by atoms with E-state index in [2.05, 4.69) is 6.92 Å². The predicted octanol–water partition coefficient (Wildman–Crippen LogP) is 1.04. The average Bonchev–Trinajstić information content (AvgIpc) is 1.96. The maximum Gasteiger partial charge on any atom is 0.0452 e. The monoisotopic (exact) mass is 153 g/mol. The summed E-state index contributed by atoms with van der Waals surface area (Å²) in [5, 5.41) is 9.91. The summed E-state index contributed by atoms with van der Waals surface area (Å²) in [5.74, 6) is -1.03. The quantitative estimate of drug-likeness (QED) is 0.553. The Morgan fingerprint density at radius 2 is 1.91 bits per heavy atom. The molecule has 0 saturated heterocycles. The van der Waals surface area contributed by atoms with E-state index < -0.39 is 5.97 Å². The highest BCUT2D eigenvalue weighted by atomic mass is 16.4. The fourth-order valence-corrected chi connectivity index (χ4v) is 0.617. The lowest BCUT2D eigenvalue weighted by Gasteiger charge is -1.91. The number of carboxylic acids is 1. The number of carbonyl (C=O) groups excluding carboxylic acids is 1. The minimum atomic E-state index is -1.03. The summed E-state index contributed by atoms with van der Waals surface area (Å²) in [7, 11) is 0. The van der Waals surface area contributed by atoms with Gasteiger partial charge in [0.15, 0.2) is 0 Å². The minimum Gasteiger partial charge on any atom is -0.550 e. The Bertz CT molecular complexity index is 157. The van der Waals surface area contributed by atoms with Gasteiger partial charge < -0.3 is 9.90 Å². The van der Waals surface area contributed by atoms with Crippen LogP contribution >= 0.6 is 0 Å². The number of hydrogen-bond donors (Lipinski definition) is 0. The molecule has 2 heteroatoms. The Morgan fingerprint density at radius 3 is 2.45 bits per heavy atom. The normalized spacial score (nSPS) is 11.4. The largest absolute Gasteiger partial charge is 0.550 e. The van der Waals surface area contributed by atoms with Gasteiger partial charge in [0.05, 0.1) is 0 Å². The van der Waals surface area contributed by atoms with Crippen molar-refractivity contribution in [2.75, 3.05) is 0 Å². The van der Waals surface area contributed by atoms with Crippen molar-refractivity contribution in [3.05, 3.63) is 24.3 Å². The van der Waals surface area contributed by atoms with E-state index in [0.717, 1.165) is 12.8 Å². The zero-order valence-electron chi connectivity index (χ0n) is 6.75. The highest BCUT2D eigenvalue weighted by Gasteiger charge is 1.76. The lowest BCUT2D eigenvalue weighted by atomic mass is 10.3. The maximum absolute atomic E-state index is 9.91. The summed E-state index contributed by atoms with van der Waals surface area (Å²) < 4.78 is 0. The van der Waals surface area contributed by atoms with E-state index >= 15 is 0 Å². The number of carbonyl (C=O) groups is 1. The van der Waals surface area contributed by atoms with E-state index in [4.69, 9.17) is 0 Å². The maximum atomic E-state index is 9.91. The molecule has 11 heavy (non-hydrogen) atoms. The molecule has 0 bridgehead atoms. The smallest absolute Gasteiger partial charge is 0.0452 e. The van der Waals surface area contributed by atoms with Crippen molar-refractivity contribution in [3.63, 3.8) is 0 Å². The van der Waals surface area contributed by atoms with Crippen LogP contribution in [0, 0.1) is 0 Å². The van der Waals surface area contributed by atoms with Crippen molar-refractivity contribution < 1.29 is 9.90 Å². The topological polar surface area (TPSA) is 40.1 Å². The second-order valence-electron chi connectivity index (χ2n) is 2.16.